The number of nitrogens with zero attached hydrogens (tertiary/aromatic N) is 3. The van der Waals surface area contributed by atoms with Crippen LogP contribution in [0, 0.1) is 0 Å². The van der Waals surface area contributed by atoms with Crippen LogP contribution in [0.5, 0.6) is 5.88 Å². The molecule has 0 spiro atoms. The highest BCUT2D eigenvalue weighted by Crippen LogP contribution is 2.37. The van der Waals surface area contributed by atoms with Gasteiger partial charge in [0.05, 0.1) is 22.3 Å². The summed E-state index contributed by atoms with van der Waals surface area (Å²) < 4.78 is 107. The Balaban J connectivity index is 2.08. The maximum Gasteiger partial charge on any atom is 0.422 e. The molecule has 0 N–H and O–H groups in total. The second-order valence-corrected chi connectivity index (χ2v) is 9.55. The summed E-state index contributed by atoms with van der Waals surface area (Å²) >= 11 is 0. The van der Waals surface area contributed by atoms with Crippen LogP contribution >= 0.6 is 0 Å². The summed E-state index contributed by atoms with van der Waals surface area (Å²) in [5.41, 5.74) is -1.74. The smallest absolute Gasteiger partial charge is 0.422 e. The Morgan fingerprint density at radius 2 is 1.72 bits per heavy atom. The van der Waals surface area contributed by atoms with Crippen molar-refractivity contribution in [2.45, 2.75) is 17.2 Å². The van der Waals surface area contributed by atoms with Crippen LogP contribution in [-0.2, 0) is 16.0 Å². The third-order valence-electron chi connectivity index (χ3n) is 4.81. The summed E-state index contributed by atoms with van der Waals surface area (Å²) in [6.45, 7) is -1.63. The fraction of sp³-hybridized carbons (Fsp3) is 0.227. The van der Waals surface area contributed by atoms with Gasteiger partial charge >= 0.3 is 12.4 Å². The number of amides is 1. The standard InChI is InChI=1S/C22H17F6N3O4S/c1-31(20(32)13-8-14(22(26,27)28)10-15(9-13)36(2,33)34)18-11-29-7-5-16(18)17-4-3-6-30-19(17)35-12-21(23,24)25/h3-11H,12H2,1-2H3. The van der Waals surface area contributed by atoms with E-state index < -0.39 is 56.6 Å². The average molecular weight is 533 g/mol. The van der Waals surface area contributed by atoms with Gasteiger partial charge in [-0.1, -0.05) is 0 Å². The molecule has 1 aromatic carbocycles. The number of hydrogen-bond donors (Lipinski definition) is 0. The monoisotopic (exact) mass is 533 g/mol. The molecule has 14 heteroatoms. The zero-order chi connectivity index (χ0) is 26.9. The largest absolute Gasteiger partial charge is 0.468 e. The number of halogens is 6. The van der Waals surface area contributed by atoms with Gasteiger partial charge in [-0.25, -0.2) is 13.4 Å². The van der Waals surface area contributed by atoms with E-state index in [2.05, 4.69) is 9.97 Å². The number of ether oxygens (including phenoxy) is 1. The van der Waals surface area contributed by atoms with Gasteiger partial charge in [-0.3, -0.25) is 9.78 Å². The summed E-state index contributed by atoms with van der Waals surface area (Å²) in [7, 11) is -2.92. The Hall–Kier alpha value is -3.68. The molecular formula is C22H17F6N3O4S. The molecule has 2 heterocycles. The van der Waals surface area contributed by atoms with E-state index in [1.54, 1.807) is 0 Å². The lowest BCUT2D eigenvalue weighted by Gasteiger charge is -2.22. The van der Waals surface area contributed by atoms with E-state index in [1.165, 1.54) is 43.8 Å². The van der Waals surface area contributed by atoms with Crippen molar-refractivity contribution in [3.63, 3.8) is 0 Å². The van der Waals surface area contributed by atoms with Crippen LogP contribution in [0.4, 0.5) is 32.0 Å². The highest BCUT2D eigenvalue weighted by Gasteiger charge is 2.34. The Labute approximate surface area is 201 Å². The van der Waals surface area contributed by atoms with Gasteiger partial charge in [0.2, 0.25) is 5.88 Å². The second-order valence-electron chi connectivity index (χ2n) is 7.53. The van der Waals surface area contributed by atoms with Crippen molar-refractivity contribution in [2.24, 2.45) is 0 Å². The number of pyridine rings is 2. The number of aromatic nitrogens is 2. The highest BCUT2D eigenvalue weighted by molar-refractivity contribution is 7.90. The summed E-state index contributed by atoms with van der Waals surface area (Å²) in [6.07, 6.45) is -5.24. The molecule has 0 saturated carbocycles. The average Bonchev–Trinajstić information content (AvgIpc) is 2.80. The number of carbonyl (C=O) groups excluding carboxylic acids is 1. The molecule has 0 aliphatic rings. The van der Waals surface area contributed by atoms with Crippen molar-refractivity contribution < 1.29 is 44.3 Å². The van der Waals surface area contributed by atoms with Crippen LogP contribution in [0.1, 0.15) is 15.9 Å². The van der Waals surface area contributed by atoms with Crippen LogP contribution < -0.4 is 9.64 Å². The van der Waals surface area contributed by atoms with E-state index in [-0.39, 0.29) is 16.8 Å². The SMILES string of the molecule is CN(C(=O)c1cc(C(F)(F)F)cc(S(C)(=O)=O)c1)c1cnccc1-c1cccnc1OCC(F)(F)F. The summed E-state index contributed by atoms with van der Waals surface area (Å²) in [5.74, 6) is -1.43. The van der Waals surface area contributed by atoms with Crippen LogP contribution in [0.15, 0.2) is 59.9 Å². The molecule has 3 rings (SSSR count). The van der Waals surface area contributed by atoms with Gasteiger partial charge in [-0.2, -0.15) is 26.3 Å². The number of carbonyl (C=O) groups is 1. The zero-order valence-corrected chi connectivity index (χ0v) is 19.4. The van der Waals surface area contributed by atoms with Crippen LogP contribution in [0.25, 0.3) is 11.1 Å². The van der Waals surface area contributed by atoms with Gasteiger partial charge in [0, 0.05) is 42.4 Å². The molecular weight excluding hydrogens is 516 g/mol. The number of hydrogen-bond acceptors (Lipinski definition) is 6. The quantitative estimate of drug-likeness (QED) is 0.424. The first-order chi connectivity index (χ1) is 16.6. The molecule has 0 unspecified atom stereocenters. The van der Waals surface area contributed by atoms with E-state index in [1.807, 2.05) is 0 Å². The topological polar surface area (TPSA) is 89.5 Å². The van der Waals surface area contributed by atoms with Crippen molar-refractivity contribution in [3.05, 3.63) is 66.1 Å². The molecule has 0 aliphatic carbocycles. The maximum atomic E-state index is 13.4. The molecule has 36 heavy (non-hydrogen) atoms. The Morgan fingerprint density at radius 3 is 2.33 bits per heavy atom. The normalized spacial score (nSPS) is 12.3. The number of rotatable bonds is 6. The fourth-order valence-corrected chi connectivity index (χ4v) is 3.83. The molecule has 0 atom stereocenters. The molecule has 3 aromatic rings. The number of alkyl halides is 6. The Morgan fingerprint density at radius 1 is 1.03 bits per heavy atom. The number of sulfone groups is 1. The molecule has 0 aliphatic heterocycles. The second kappa shape index (κ2) is 9.76. The van der Waals surface area contributed by atoms with E-state index in [0.29, 0.717) is 18.4 Å². The molecule has 7 nitrogen and oxygen atoms in total. The highest BCUT2D eigenvalue weighted by atomic mass is 32.2. The minimum Gasteiger partial charge on any atom is -0.468 e. The fourth-order valence-electron chi connectivity index (χ4n) is 3.15. The van der Waals surface area contributed by atoms with Gasteiger partial charge in [0.1, 0.15) is 0 Å². The van der Waals surface area contributed by atoms with Gasteiger partial charge < -0.3 is 9.64 Å². The van der Waals surface area contributed by atoms with E-state index in [4.69, 9.17) is 4.74 Å². The van der Waals surface area contributed by atoms with Crippen LogP contribution in [0.2, 0.25) is 0 Å². The van der Waals surface area contributed by atoms with E-state index >= 15 is 0 Å². The molecule has 2 aromatic heterocycles. The first-order valence-electron chi connectivity index (χ1n) is 9.87. The molecule has 0 fully saturated rings. The van der Waals surface area contributed by atoms with Crippen LogP contribution in [-0.4, -0.2) is 50.4 Å². The molecule has 0 radical (unpaired) electrons. The maximum absolute atomic E-state index is 13.4. The lowest BCUT2D eigenvalue weighted by atomic mass is 10.0. The predicted molar refractivity (Wildman–Crippen MR) is 116 cm³/mol. The molecule has 192 valence electrons. The van der Waals surface area contributed by atoms with Crippen molar-refractivity contribution in [3.8, 4) is 17.0 Å². The van der Waals surface area contributed by atoms with Crippen molar-refractivity contribution >= 4 is 21.4 Å². The van der Waals surface area contributed by atoms with E-state index in [0.717, 1.165) is 11.0 Å². The lowest BCUT2D eigenvalue weighted by molar-refractivity contribution is -0.154. The first kappa shape index (κ1) is 26.9. The van der Waals surface area contributed by atoms with Gasteiger partial charge in [-0.15, -0.1) is 0 Å². The Kier molecular flexibility index (Phi) is 7.30. The van der Waals surface area contributed by atoms with Crippen LogP contribution in [0.3, 0.4) is 0 Å². The molecule has 0 saturated heterocycles. The van der Waals surface area contributed by atoms with Gasteiger partial charge in [0.25, 0.3) is 5.91 Å². The van der Waals surface area contributed by atoms with Crippen molar-refractivity contribution in [1.82, 2.24) is 9.97 Å². The Bertz CT molecular complexity index is 1390. The summed E-state index contributed by atoms with van der Waals surface area (Å²) in [4.78, 5) is 21.0. The predicted octanol–water partition coefficient (Wildman–Crippen LogP) is 4.78. The van der Waals surface area contributed by atoms with Crippen molar-refractivity contribution in [1.29, 1.82) is 0 Å². The van der Waals surface area contributed by atoms with Gasteiger partial charge in [0.15, 0.2) is 16.4 Å². The van der Waals surface area contributed by atoms with Crippen molar-refractivity contribution in [2.75, 3.05) is 24.8 Å². The minimum absolute atomic E-state index is 0.00863. The molecule has 1 amide bonds. The zero-order valence-electron chi connectivity index (χ0n) is 18.6. The molecule has 0 bridgehead atoms. The van der Waals surface area contributed by atoms with Gasteiger partial charge in [-0.05, 0) is 36.4 Å². The summed E-state index contributed by atoms with van der Waals surface area (Å²) in [5, 5.41) is 0. The van der Waals surface area contributed by atoms with E-state index in [9.17, 15) is 39.6 Å². The summed E-state index contributed by atoms with van der Waals surface area (Å²) in [6, 6.07) is 5.87. The third kappa shape index (κ3) is 6.30. The third-order valence-corrected chi connectivity index (χ3v) is 5.90. The lowest BCUT2D eigenvalue weighted by Crippen LogP contribution is -2.27. The number of anilines is 1. The first-order valence-corrected chi connectivity index (χ1v) is 11.8. The number of benzene rings is 1. The minimum atomic E-state index is -4.94.